The number of phenolic OH excluding ortho intramolecular Hbond substituents is 1. The smallest absolute Gasteiger partial charge is 0.119 e. The highest BCUT2D eigenvalue weighted by Gasteiger charge is 2.17. The fraction of sp³-hybridized carbons (Fsp3) is 0.400. The van der Waals surface area contributed by atoms with Gasteiger partial charge in [0.2, 0.25) is 0 Å². The lowest BCUT2D eigenvalue weighted by Gasteiger charge is -2.20. The first-order valence-electron chi connectivity index (χ1n) is 4.34. The van der Waals surface area contributed by atoms with Crippen molar-refractivity contribution in [2.45, 2.75) is 26.2 Å². The van der Waals surface area contributed by atoms with Gasteiger partial charge in [0.1, 0.15) is 5.75 Å². The lowest BCUT2D eigenvalue weighted by molar-refractivity contribution is 0.447. The Morgan fingerprint density at radius 2 is 2.00 bits per heavy atom. The molecular formula is C10H13N3O. The minimum atomic E-state index is -0.112. The van der Waals surface area contributed by atoms with Gasteiger partial charge >= 0.3 is 0 Å². The van der Waals surface area contributed by atoms with E-state index in [0.717, 1.165) is 5.56 Å². The van der Waals surface area contributed by atoms with Crippen LogP contribution in [0.15, 0.2) is 23.3 Å². The molecule has 0 unspecified atom stereocenters. The summed E-state index contributed by atoms with van der Waals surface area (Å²) in [6.07, 6.45) is 0. The molecule has 1 N–H and O–H groups in total. The van der Waals surface area contributed by atoms with Crippen LogP contribution >= 0.6 is 0 Å². The van der Waals surface area contributed by atoms with E-state index in [4.69, 9.17) is 5.53 Å². The monoisotopic (exact) mass is 191 g/mol. The summed E-state index contributed by atoms with van der Waals surface area (Å²) in [7, 11) is 0. The fourth-order valence-electron chi connectivity index (χ4n) is 1.27. The maximum Gasteiger partial charge on any atom is 0.119 e. The fourth-order valence-corrected chi connectivity index (χ4v) is 1.27. The number of aromatic hydroxyl groups is 1. The Labute approximate surface area is 82.8 Å². The predicted octanol–water partition coefficient (Wildman–Crippen LogP) is 3.63. The zero-order chi connectivity index (χ0) is 10.8. The van der Waals surface area contributed by atoms with Crippen LogP contribution in [0.4, 0.5) is 5.69 Å². The van der Waals surface area contributed by atoms with Crippen LogP contribution in [0.5, 0.6) is 5.75 Å². The third-order valence-electron chi connectivity index (χ3n) is 1.95. The van der Waals surface area contributed by atoms with Gasteiger partial charge in [-0.2, -0.15) is 0 Å². The molecule has 0 aromatic heterocycles. The summed E-state index contributed by atoms with van der Waals surface area (Å²) >= 11 is 0. The molecule has 0 radical (unpaired) electrons. The summed E-state index contributed by atoms with van der Waals surface area (Å²) in [5.74, 6) is 0.169. The molecule has 1 rings (SSSR count). The average Bonchev–Trinajstić information content (AvgIpc) is 2.02. The van der Waals surface area contributed by atoms with E-state index >= 15 is 0 Å². The predicted molar refractivity (Wildman–Crippen MR) is 55.6 cm³/mol. The second-order valence-corrected chi connectivity index (χ2v) is 4.14. The second kappa shape index (κ2) is 3.60. The molecule has 0 fully saturated rings. The first kappa shape index (κ1) is 10.4. The Kier molecular flexibility index (Phi) is 2.68. The second-order valence-electron chi connectivity index (χ2n) is 4.14. The number of nitrogens with zero attached hydrogens (tertiary/aromatic N) is 3. The van der Waals surface area contributed by atoms with Crippen LogP contribution in [0.2, 0.25) is 0 Å². The van der Waals surface area contributed by atoms with Gasteiger partial charge < -0.3 is 5.11 Å². The molecule has 0 atom stereocenters. The molecule has 1 aromatic rings. The van der Waals surface area contributed by atoms with Crippen molar-refractivity contribution in [2.24, 2.45) is 5.11 Å². The van der Waals surface area contributed by atoms with Crippen molar-refractivity contribution in [2.75, 3.05) is 0 Å². The maximum absolute atomic E-state index is 9.67. The highest BCUT2D eigenvalue weighted by atomic mass is 16.3. The van der Waals surface area contributed by atoms with E-state index < -0.39 is 0 Å². The van der Waals surface area contributed by atoms with Crippen LogP contribution in [-0.2, 0) is 5.41 Å². The first-order chi connectivity index (χ1) is 6.45. The van der Waals surface area contributed by atoms with Gasteiger partial charge in [-0.25, -0.2) is 0 Å². The summed E-state index contributed by atoms with van der Waals surface area (Å²) in [6.45, 7) is 6.03. The molecule has 0 heterocycles. The molecule has 14 heavy (non-hydrogen) atoms. The molecule has 0 aliphatic carbocycles. The van der Waals surface area contributed by atoms with Gasteiger partial charge in [0, 0.05) is 10.6 Å². The van der Waals surface area contributed by atoms with E-state index in [1.807, 2.05) is 20.8 Å². The van der Waals surface area contributed by atoms with Gasteiger partial charge in [-0.3, -0.25) is 0 Å². The Morgan fingerprint density at radius 1 is 1.36 bits per heavy atom. The number of hydrogen-bond acceptors (Lipinski definition) is 2. The first-order valence-corrected chi connectivity index (χ1v) is 4.34. The third-order valence-corrected chi connectivity index (χ3v) is 1.95. The standard InChI is InChI=1S/C10H13N3O/c1-10(2,3)8-5-4-7(12-13-11)6-9(8)14/h4-6,14H,1-3H3. The molecule has 74 valence electrons. The number of benzene rings is 1. The SMILES string of the molecule is CC(C)(C)c1ccc(N=[N+]=[N-])cc1O. The quantitative estimate of drug-likeness (QED) is 0.411. The minimum Gasteiger partial charge on any atom is -0.508 e. The van der Waals surface area contributed by atoms with Crippen LogP contribution in [0, 0.1) is 0 Å². The van der Waals surface area contributed by atoms with Gasteiger partial charge in [-0.1, -0.05) is 38.0 Å². The van der Waals surface area contributed by atoms with Gasteiger partial charge in [0.05, 0.1) is 0 Å². The molecule has 4 heteroatoms. The Bertz CT molecular complexity index is 387. The molecule has 0 aliphatic rings. The number of phenols is 1. The molecule has 0 saturated carbocycles. The van der Waals surface area contributed by atoms with Crippen molar-refractivity contribution >= 4 is 5.69 Å². The van der Waals surface area contributed by atoms with Crippen molar-refractivity contribution in [1.29, 1.82) is 0 Å². The highest BCUT2D eigenvalue weighted by Crippen LogP contribution is 2.33. The number of rotatable bonds is 1. The number of hydrogen-bond donors (Lipinski definition) is 1. The van der Waals surface area contributed by atoms with Crippen molar-refractivity contribution < 1.29 is 5.11 Å². The van der Waals surface area contributed by atoms with E-state index in [1.54, 1.807) is 12.1 Å². The average molecular weight is 191 g/mol. The summed E-state index contributed by atoms with van der Waals surface area (Å²) in [5, 5.41) is 13.1. The zero-order valence-corrected chi connectivity index (χ0v) is 8.52. The van der Waals surface area contributed by atoms with Gasteiger partial charge in [0.25, 0.3) is 0 Å². The lowest BCUT2D eigenvalue weighted by atomic mass is 9.86. The molecular weight excluding hydrogens is 178 g/mol. The molecule has 0 bridgehead atoms. The summed E-state index contributed by atoms with van der Waals surface area (Å²) in [4.78, 5) is 2.65. The molecule has 1 aromatic carbocycles. The normalized spacial score (nSPS) is 10.8. The Hall–Kier alpha value is -1.67. The van der Waals surface area contributed by atoms with E-state index in [1.165, 1.54) is 6.07 Å². The lowest BCUT2D eigenvalue weighted by Crippen LogP contribution is -2.10. The largest absolute Gasteiger partial charge is 0.508 e. The minimum absolute atomic E-state index is 0.112. The van der Waals surface area contributed by atoms with Crippen LogP contribution in [0.25, 0.3) is 10.4 Å². The van der Waals surface area contributed by atoms with Crippen molar-refractivity contribution in [3.05, 3.63) is 34.2 Å². The molecule has 0 saturated heterocycles. The molecule has 4 nitrogen and oxygen atoms in total. The van der Waals surface area contributed by atoms with Crippen LogP contribution in [0.3, 0.4) is 0 Å². The molecule has 0 spiro atoms. The van der Waals surface area contributed by atoms with Crippen molar-refractivity contribution in [3.8, 4) is 5.75 Å². The summed E-state index contributed by atoms with van der Waals surface area (Å²) < 4.78 is 0. The van der Waals surface area contributed by atoms with E-state index in [9.17, 15) is 5.11 Å². The summed E-state index contributed by atoms with van der Waals surface area (Å²) in [5.41, 5.74) is 9.38. The number of azide groups is 1. The Morgan fingerprint density at radius 3 is 2.43 bits per heavy atom. The van der Waals surface area contributed by atoms with Crippen LogP contribution in [-0.4, -0.2) is 5.11 Å². The molecule has 0 aliphatic heterocycles. The Balaban J connectivity index is 3.20. The van der Waals surface area contributed by atoms with Crippen molar-refractivity contribution in [3.63, 3.8) is 0 Å². The topological polar surface area (TPSA) is 69.0 Å². The van der Waals surface area contributed by atoms with Crippen LogP contribution < -0.4 is 0 Å². The van der Waals surface area contributed by atoms with E-state index in [-0.39, 0.29) is 11.2 Å². The van der Waals surface area contributed by atoms with E-state index in [0.29, 0.717) is 5.69 Å². The molecule has 0 amide bonds. The van der Waals surface area contributed by atoms with Gasteiger partial charge in [0.15, 0.2) is 0 Å². The van der Waals surface area contributed by atoms with E-state index in [2.05, 4.69) is 10.0 Å². The van der Waals surface area contributed by atoms with Gasteiger partial charge in [-0.05, 0) is 22.6 Å². The highest BCUT2D eigenvalue weighted by molar-refractivity contribution is 5.49. The zero-order valence-electron chi connectivity index (χ0n) is 8.52. The van der Waals surface area contributed by atoms with Crippen molar-refractivity contribution in [1.82, 2.24) is 0 Å². The maximum atomic E-state index is 9.67. The van der Waals surface area contributed by atoms with Crippen LogP contribution in [0.1, 0.15) is 26.3 Å². The van der Waals surface area contributed by atoms with Gasteiger partial charge in [-0.15, -0.1) is 0 Å². The third kappa shape index (κ3) is 2.18. The summed E-state index contributed by atoms with van der Waals surface area (Å²) in [6, 6.07) is 4.94.